The molecule has 0 radical (unpaired) electrons. The van der Waals surface area contributed by atoms with Crippen LogP contribution in [0.2, 0.25) is 0 Å². The summed E-state index contributed by atoms with van der Waals surface area (Å²) in [5.41, 5.74) is 1.27. The number of imidazole rings is 1. The maximum atomic E-state index is 14.4. The molecule has 2 atom stereocenters. The molecule has 71 heavy (non-hydrogen) atoms. The number of benzene rings is 1. The molecule has 18 nitrogen and oxygen atoms in total. The molecule has 2 N–H and O–H groups in total. The molecule has 0 bridgehead atoms. The molecule has 4 aromatic heterocycles. The van der Waals surface area contributed by atoms with Crippen LogP contribution in [0.5, 0.6) is 0 Å². The third kappa shape index (κ3) is 11.3. The number of pyridine rings is 1. The number of anilines is 2. The molecule has 6 heterocycles. The van der Waals surface area contributed by atoms with Gasteiger partial charge in [-0.25, -0.2) is 28.3 Å². The molecule has 2 saturated heterocycles. The number of amides is 4. The highest BCUT2D eigenvalue weighted by molar-refractivity contribution is 6.03. The SMILES string of the molecule is CC([C@H]1CC[C@H](n2cc(NC(=O)c3coc(-c4ccnc(N(CC5CC5)C(=O)OC(C)(C)C)c4)n3)c(C(F)F)n2)CC1)N1CCC(OCCCc2cccc3c2n(C)c(=O)n3C2CCC(=O)NC2=O)CC1. The lowest BCUT2D eigenvalue weighted by Gasteiger charge is -2.41. The van der Waals surface area contributed by atoms with E-state index in [0.29, 0.717) is 54.3 Å². The molecular formula is C51H64F2N10O8. The van der Waals surface area contributed by atoms with Crippen LogP contribution in [0.3, 0.4) is 0 Å². The second-order valence-corrected chi connectivity index (χ2v) is 20.6. The number of ether oxygens (including phenoxy) is 2. The second-order valence-electron chi connectivity index (χ2n) is 20.6. The molecule has 380 valence electrons. The molecule has 2 aliphatic carbocycles. The van der Waals surface area contributed by atoms with E-state index in [-0.39, 0.29) is 53.9 Å². The van der Waals surface area contributed by atoms with Crippen molar-refractivity contribution in [2.24, 2.45) is 18.9 Å². The fourth-order valence-electron chi connectivity index (χ4n) is 10.4. The summed E-state index contributed by atoms with van der Waals surface area (Å²) < 4.78 is 51.1. The highest BCUT2D eigenvalue weighted by Gasteiger charge is 2.35. The number of oxazole rings is 1. The smallest absolute Gasteiger partial charge is 0.416 e. The van der Waals surface area contributed by atoms with E-state index < -0.39 is 41.7 Å². The van der Waals surface area contributed by atoms with E-state index in [1.165, 1.54) is 21.9 Å². The number of fused-ring (bicyclic) bond motifs is 1. The van der Waals surface area contributed by atoms with Crippen LogP contribution in [-0.4, -0.2) is 102 Å². The number of carbonyl (C=O) groups is 4. The van der Waals surface area contributed by atoms with Gasteiger partial charge >= 0.3 is 11.8 Å². The van der Waals surface area contributed by atoms with Crippen molar-refractivity contribution in [1.82, 2.24) is 39.1 Å². The first kappa shape index (κ1) is 49.7. The lowest BCUT2D eigenvalue weighted by Crippen LogP contribution is -2.46. The van der Waals surface area contributed by atoms with E-state index in [4.69, 9.17) is 13.9 Å². The van der Waals surface area contributed by atoms with Gasteiger partial charge in [-0.05, 0) is 134 Å². The van der Waals surface area contributed by atoms with E-state index in [2.05, 4.69) is 37.5 Å². The zero-order chi connectivity index (χ0) is 50.1. The monoisotopic (exact) mass is 982 g/mol. The largest absolute Gasteiger partial charge is 0.444 e. The van der Waals surface area contributed by atoms with Gasteiger partial charge in [0.2, 0.25) is 17.7 Å². The van der Waals surface area contributed by atoms with Gasteiger partial charge in [-0.15, -0.1) is 0 Å². The third-order valence-corrected chi connectivity index (χ3v) is 14.5. The van der Waals surface area contributed by atoms with Gasteiger partial charge in [-0.3, -0.25) is 38.4 Å². The number of aromatic nitrogens is 6. The van der Waals surface area contributed by atoms with Crippen LogP contribution in [-0.2, 0) is 32.5 Å². The Morgan fingerprint density at radius 2 is 1.77 bits per heavy atom. The number of hydrogen-bond donors (Lipinski definition) is 2. The molecule has 2 unspecified atom stereocenters. The first-order valence-electron chi connectivity index (χ1n) is 25.0. The van der Waals surface area contributed by atoms with Crippen LogP contribution >= 0.6 is 0 Å². The molecule has 2 aliphatic heterocycles. The first-order chi connectivity index (χ1) is 34.0. The maximum Gasteiger partial charge on any atom is 0.416 e. The fraction of sp³-hybridized carbons (Fsp3) is 0.569. The average molecular weight is 983 g/mol. The highest BCUT2D eigenvalue weighted by Crippen LogP contribution is 2.38. The second kappa shape index (κ2) is 20.8. The summed E-state index contributed by atoms with van der Waals surface area (Å²) in [6.45, 7) is 10.6. The molecule has 4 fully saturated rings. The predicted octanol–water partition coefficient (Wildman–Crippen LogP) is 8.14. The van der Waals surface area contributed by atoms with Crippen molar-refractivity contribution >= 4 is 46.4 Å². The summed E-state index contributed by atoms with van der Waals surface area (Å²) in [5.74, 6) is -0.254. The minimum absolute atomic E-state index is 0.0829. The van der Waals surface area contributed by atoms with Crippen molar-refractivity contribution < 1.29 is 41.8 Å². The molecule has 5 aromatic rings. The number of rotatable bonds is 16. The normalized spacial score (nSPS) is 20.9. The van der Waals surface area contributed by atoms with E-state index in [1.807, 2.05) is 18.2 Å². The summed E-state index contributed by atoms with van der Waals surface area (Å²) in [6.07, 6.45) is 10.1. The third-order valence-electron chi connectivity index (χ3n) is 14.5. The van der Waals surface area contributed by atoms with E-state index in [0.717, 1.165) is 88.2 Å². The Morgan fingerprint density at radius 3 is 2.48 bits per heavy atom. The van der Waals surface area contributed by atoms with Crippen molar-refractivity contribution in [1.29, 1.82) is 0 Å². The van der Waals surface area contributed by atoms with E-state index in [1.54, 1.807) is 49.2 Å². The number of alkyl halides is 2. The minimum Gasteiger partial charge on any atom is -0.444 e. The predicted molar refractivity (Wildman–Crippen MR) is 259 cm³/mol. The Morgan fingerprint density at radius 1 is 1.01 bits per heavy atom. The van der Waals surface area contributed by atoms with Crippen molar-refractivity contribution in [3.63, 3.8) is 0 Å². The Kier molecular flexibility index (Phi) is 14.6. The number of piperidine rings is 2. The fourth-order valence-corrected chi connectivity index (χ4v) is 10.4. The van der Waals surface area contributed by atoms with Gasteiger partial charge in [0.25, 0.3) is 12.3 Å². The van der Waals surface area contributed by atoms with Gasteiger partial charge in [0.05, 0.1) is 28.9 Å². The van der Waals surface area contributed by atoms with Crippen LogP contribution in [0.1, 0.15) is 139 Å². The summed E-state index contributed by atoms with van der Waals surface area (Å²) in [5, 5.41) is 9.24. The van der Waals surface area contributed by atoms with Gasteiger partial charge in [-0.1, -0.05) is 12.1 Å². The topological polar surface area (TPSA) is 201 Å². The van der Waals surface area contributed by atoms with E-state index in [9.17, 15) is 32.8 Å². The van der Waals surface area contributed by atoms with Crippen molar-refractivity contribution in [2.75, 3.05) is 36.5 Å². The highest BCUT2D eigenvalue weighted by atomic mass is 19.3. The van der Waals surface area contributed by atoms with Crippen LogP contribution < -0.4 is 21.2 Å². The quantitative estimate of drug-likeness (QED) is 0.0711. The van der Waals surface area contributed by atoms with Gasteiger partial charge in [-0.2, -0.15) is 5.10 Å². The average Bonchev–Trinajstić information content (AvgIpc) is 3.73. The lowest BCUT2D eigenvalue weighted by atomic mass is 9.81. The Hall–Kier alpha value is -6.28. The Balaban J connectivity index is 0.739. The molecule has 0 spiro atoms. The van der Waals surface area contributed by atoms with Crippen molar-refractivity contribution in [3.8, 4) is 11.5 Å². The summed E-state index contributed by atoms with van der Waals surface area (Å²) in [4.78, 5) is 77.1. The molecular weight excluding hydrogens is 919 g/mol. The number of aryl methyl sites for hydroxylation is 2. The van der Waals surface area contributed by atoms with Crippen LogP contribution in [0.15, 0.2) is 58.2 Å². The number of nitrogens with one attached hydrogen (secondary N) is 2. The molecule has 2 saturated carbocycles. The van der Waals surface area contributed by atoms with Gasteiger partial charge in [0.1, 0.15) is 23.7 Å². The van der Waals surface area contributed by atoms with E-state index >= 15 is 0 Å². The number of hydrogen-bond acceptors (Lipinski definition) is 12. The molecule has 4 aliphatic rings. The van der Waals surface area contributed by atoms with Gasteiger partial charge in [0, 0.05) is 63.7 Å². The summed E-state index contributed by atoms with van der Waals surface area (Å²) >= 11 is 0. The zero-order valence-electron chi connectivity index (χ0n) is 41.1. The lowest BCUT2D eigenvalue weighted by molar-refractivity contribution is -0.135. The number of likely N-dealkylation sites (tertiary alicyclic amines) is 1. The van der Waals surface area contributed by atoms with Gasteiger partial charge < -0.3 is 24.1 Å². The maximum absolute atomic E-state index is 14.4. The van der Waals surface area contributed by atoms with Crippen molar-refractivity contribution in [2.45, 2.75) is 141 Å². The molecule has 20 heteroatoms. The number of nitrogens with zero attached hydrogens (tertiary/aromatic N) is 8. The first-order valence-corrected chi connectivity index (χ1v) is 25.0. The molecule has 4 amide bonds. The number of para-hydroxylation sites is 1. The molecule has 9 rings (SSSR count). The summed E-state index contributed by atoms with van der Waals surface area (Å²) in [6, 6.07) is 8.57. The molecule has 1 aromatic carbocycles. The number of carbonyl (C=O) groups excluding carboxylic acids is 4. The Labute approximate surface area is 410 Å². The minimum atomic E-state index is -2.92. The zero-order valence-corrected chi connectivity index (χ0v) is 41.1. The number of imide groups is 1. The van der Waals surface area contributed by atoms with Crippen LogP contribution in [0.4, 0.5) is 25.1 Å². The Bertz CT molecular complexity index is 2810. The standard InChI is InChI=1S/C51H64F2N10O8/c1-30(60-23-20-36(21-24-60)69-25-7-9-33-8-6-10-39-44(33)59(5)49(67)63(39)40-17-18-42(64)57-47(40)66)32-13-15-35(16-14-32)62-28-37(43(58-62)45(52)53)55-46(65)38-29-70-48(56-38)34-19-22-54-41(26-34)61(27-31-11-12-31)50(68)71-51(2,3)4/h6,8,10,19,22,26,28-32,35-36,40,45H,7,9,11-18,20-21,23-25,27H2,1-5H3,(H,55,65)(H,57,64,66)/t30?,32-,35-,40?. The van der Waals surface area contributed by atoms with Crippen LogP contribution in [0, 0.1) is 11.8 Å². The number of halogens is 2. The van der Waals surface area contributed by atoms with Crippen LogP contribution in [0.25, 0.3) is 22.5 Å². The van der Waals surface area contributed by atoms with Gasteiger partial charge in [0.15, 0.2) is 11.4 Å². The summed E-state index contributed by atoms with van der Waals surface area (Å²) in [7, 11) is 1.72. The van der Waals surface area contributed by atoms with Crippen molar-refractivity contribution in [3.05, 3.63) is 76.4 Å².